The molecular formula is C9H13NO2. The van der Waals surface area contributed by atoms with Crippen LogP contribution in [-0.4, -0.2) is 11.8 Å². The molecule has 1 aromatic heterocycles. The van der Waals surface area contributed by atoms with Gasteiger partial charge in [-0.2, -0.15) is 0 Å². The lowest BCUT2D eigenvalue weighted by molar-refractivity contribution is 0.00732. The molecule has 2 rings (SSSR count). The first-order valence-corrected chi connectivity index (χ1v) is 4.34. The van der Waals surface area contributed by atoms with Gasteiger partial charge in [0, 0.05) is 12.0 Å². The third kappa shape index (κ3) is 1.14. The van der Waals surface area contributed by atoms with Crippen LogP contribution in [0.1, 0.15) is 31.2 Å². The first-order chi connectivity index (χ1) is 5.79. The van der Waals surface area contributed by atoms with Gasteiger partial charge in [0.2, 0.25) is 0 Å². The highest BCUT2D eigenvalue weighted by Gasteiger charge is 2.26. The molecule has 3 heteroatoms. The van der Waals surface area contributed by atoms with Crippen molar-refractivity contribution in [1.29, 1.82) is 0 Å². The second-order valence-corrected chi connectivity index (χ2v) is 3.51. The molecule has 1 atom stereocenters. The Balaban J connectivity index is 2.31. The number of nitrogens with zero attached hydrogens (tertiary/aromatic N) is 1. The maximum Gasteiger partial charge on any atom is 0.127 e. The van der Waals surface area contributed by atoms with Crippen LogP contribution < -0.4 is 0 Å². The molecule has 0 saturated carbocycles. The second kappa shape index (κ2) is 2.90. The van der Waals surface area contributed by atoms with Gasteiger partial charge in [0.25, 0.3) is 0 Å². The van der Waals surface area contributed by atoms with E-state index in [0.717, 1.165) is 18.7 Å². The Morgan fingerprint density at radius 2 is 2.42 bits per heavy atom. The van der Waals surface area contributed by atoms with Crippen LogP contribution in [0.3, 0.4) is 0 Å². The summed E-state index contributed by atoms with van der Waals surface area (Å²) in [6.45, 7) is 5.06. The smallest absolute Gasteiger partial charge is 0.127 e. The quantitative estimate of drug-likeness (QED) is 0.641. The van der Waals surface area contributed by atoms with Crippen molar-refractivity contribution in [1.82, 2.24) is 5.16 Å². The summed E-state index contributed by atoms with van der Waals surface area (Å²) < 4.78 is 10.5. The van der Waals surface area contributed by atoms with Crippen molar-refractivity contribution in [2.75, 3.05) is 6.61 Å². The summed E-state index contributed by atoms with van der Waals surface area (Å²) in [6, 6.07) is 0. The van der Waals surface area contributed by atoms with E-state index in [0.29, 0.717) is 5.92 Å². The topological polar surface area (TPSA) is 35.3 Å². The van der Waals surface area contributed by atoms with Gasteiger partial charge in [-0.1, -0.05) is 19.0 Å². The molecule has 0 bridgehead atoms. The Bertz CT molecular complexity index is 267. The van der Waals surface area contributed by atoms with Crippen molar-refractivity contribution in [3.05, 3.63) is 17.5 Å². The van der Waals surface area contributed by atoms with E-state index >= 15 is 0 Å². The standard InChI is InChI=1S/C9H13NO2/c1-6(2)9-8-7(3-4-11-9)5-12-10-8/h5-6,9H,3-4H2,1-2H3. The summed E-state index contributed by atoms with van der Waals surface area (Å²) in [4.78, 5) is 0. The molecule has 3 nitrogen and oxygen atoms in total. The molecule has 2 heterocycles. The molecule has 66 valence electrons. The van der Waals surface area contributed by atoms with Crippen LogP contribution in [0.15, 0.2) is 10.8 Å². The van der Waals surface area contributed by atoms with E-state index < -0.39 is 0 Å². The number of ether oxygens (including phenoxy) is 1. The Morgan fingerprint density at radius 1 is 1.58 bits per heavy atom. The molecular weight excluding hydrogens is 154 g/mol. The summed E-state index contributed by atoms with van der Waals surface area (Å²) in [5, 5.41) is 3.96. The highest BCUT2D eigenvalue weighted by atomic mass is 16.5. The Morgan fingerprint density at radius 3 is 3.17 bits per heavy atom. The van der Waals surface area contributed by atoms with Gasteiger partial charge in [-0.3, -0.25) is 0 Å². The van der Waals surface area contributed by atoms with Crippen molar-refractivity contribution >= 4 is 0 Å². The number of rotatable bonds is 1. The van der Waals surface area contributed by atoms with Crippen molar-refractivity contribution in [3.8, 4) is 0 Å². The Labute approximate surface area is 71.7 Å². The summed E-state index contributed by atoms with van der Waals surface area (Å²) in [5.41, 5.74) is 2.20. The molecule has 0 amide bonds. The normalized spacial score (nSPS) is 22.8. The van der Waals surface area contributed by atoms with Gasteiger partial charge in [-0.15, -0.1) is 0 Å². The maximum atomic E-state index is 5.60. The molecule has 1 aromatic rings. The number of aromatic nitrogens is 1. The van der Waals surface area contributed by atoms with Crippen molar-refractivity contribution in [2.24, 2.45) is 5.92 Å². The van der Waals surface area contributed by atoms with Gasteiger partial charge in [-0.25, -0.2) is 0 Å². The molecule has 0 saturated heterocycles. The maximum absolute atomic E-state index is 5.60. The Hall–Kier alpha value is -0.830. The minimum atomic E-state index is 0.132. The van der Waals surface area contributed by atoms with Crippen molar-refractivity contribution < 1.29 is 9.26 Å². The van der Waals surface area contributed by atoms with Gasteiger partial charge in [-0.05, 0) is 5.92 Å². The SMILES string of the molecule is CC(C)C1OCCc2conc21. The minimum absolute atomic E-state index is 0.132. The van der Waals surface area contributed by atoms with Crippen LogP contribution in [-0.2, 0) is 11.2 Å². The minimum Gasteiger partial charge on any atom is -0.371 e. The number of hydrogen-bond acceptors (Lipinski definition) is 3. The van der Waals surface area contributed by atoms with E-state index in [1.807, 2.05) is 0 Å². The van der Waals surface area contributed by atoms with Crippen molar-refractivity contribution in [2.45, 2.75) is 26.4 Å². The molecule has 1 aliphatic heterocycles. The fourth-order valence-corrected chi connectivity index (χ4v) is 1.57. The highest BCUT2D eigenvalue weighted by molar-refractivity contribution is 5.19. The van der Waals surface area contributed by atoms with Gasteiger partial charge < -0.3 is 9.26 Å². The molecule has 12 heavy (non-hydrogen) atoms. The molecule has 0 radical (unpaired) electrons. The molecule has 0 aliphatic carbocycles. The van der Waals surface area contributed by atoms with E-state index in [-0.39, 0.29) is 6.10 Å². The van der Waals surface area contributed by atoms with Crippen LogP contribution >= 0.6 is 0 Å². The van der Waals surface area contributed by atoms with Gasteiger partial charge in [0.15, 0.2) is 0 Å². The predicted molar refractivity (Wildman–Crippen MR) is 43.7 cm³/mol. The zero-order valence-corrected chi connectivity index (χ0v) is 7.41. The van der Waals surface area contributed by atoms with Crippen LogP contribution in [0.4, 0.5) is 0 Å². The summed E-state index contributed by atoms with van der Waals surface area (Å²) in [7, 11) is 0. The third-order valence-electron chi connectivity index (χ3n) is 2.22. The third-order valence-corrected chi connectivity index (χ3v) is 2.22. The second-order valence-electron chi connectivity index (χ2n) is 3.51. The fourth-order valence-electron chi connectivity index (χ4n) is 1.57. The molecule has 1 unspecified atom stereocenters. The molecule has 1 aliphatic rings. The largest absolute Gasteiger partial charge is 0.371 e. The zero-order valence-electron chi connectivity index (χ0n) is 7.41. The molecule has 0 spiro atoms. The van der Waals surface area contributed by atoms with E-state index in [9.17, 15) is 0 Å². The summed E-state index contributed by atoms with van der Waals surface area (Å²) in [5.74, 6) is 0.467. The van der Waals surface area contributed by atoms with Crippen LogP contribution in [0, 0.1) is 5.92 Å². The van der Waals surface area contributed by atoms with E-state index in [1.165, 1.54) is 5.56 Å². The van der Waals surface area contributed by atoms with Crippen LogP contribution in [0.2, 0.25) is 0 Å². The molecule has 0 fully saturated rings. The first kappa shape index (κ1) is 7.80. The number of fused-ring (bicyclic) bond motifs is 1. The number of hydrogen-bond donors (Lipinski definition) is 0. The lowest BCUT2D eigenvalue weighted by atomic mass is 9.98. The lowest BCUT2D eigenvalue weighted by Crippen LogP contribution is -2.19. The monoisotopic (exact) mass is 167 g/mol. The molecule has 0 aromatic carbocycles. The highest BCUT2D eigenvalue weighted by Crippen LogP contribution is 2.31. The predicted octanol–water partition coefficient (Wildman–Crippen LogP) is 1.94. The summed E-state index contributed by atoms with van der Waals surface area (Å²) >= 11 is 0. The van der Waals surface area contributed by atoms with Crippen LogP contribution in [0.25, 0.3) is 0 Å². The first-order valence-electron chi connectivity index (χ1n) is 4.34. The summed E-state index contributed by atoms with van der Waals surface area (Å²) in [6.07, 6.45) is 2.79. The van der Waals surface area contributed by atoms with E-state index in [1.54, 1.807) is 6.26 Å². The average Bonchev–Trinajstić information content (AvgIpc) is 2.49. The zero-order chi connectivity index (χ0) is 8.55. The Kier molecular flexibility index (Phi) is 1.89. The lowest BCUT2D eigenvalue weighted by Gasteiger charge is -2.24. The van der Waals surface area contributed by atoms with Crippen molar-refractivity contribution in [3.63, 3.8) is 0 Å². The van der Waals surface area contributed by atoms with E-state index in [2.05, 4.69) is 19.0 Å². The van der Waals surface area contributed by atoms with Gasteiger partial charge in [0.05, 0.1) is 6.61 Å². The molecule has 0 N–H and O–H groups in total. The van der Waals surface area contributed by atoms with Gasteiger partial charge in [0.1, 0.15) is 18.1 Å². The average molecular weight is 167 g/mol. The van der Waals surface area contributed by atoms with Crippen LogP contribution in [0.5, 0.6) is 0 Å². The van der Waals surface area contributed by atoms with Gasteiger partial charge >= 0.3 is 0 Å². The van der Waals surface area contributed by atoms with E-state index in [4.69, 9.17) is 9.26 Å². The fraction of sp³-hybridized carbons (Fsp3) is 0.667.